The van der Waals surface area contributed by atoms with Gasteiger partial charge in [-0.1, -0.05) is 23.7 Å². The average molecular weight is 309 g/mol. The Balaban J connectivity index is 2.21. The Bertz CT molecular complexity index is 828. The predicted octanol–water partition coefficient (Wildman–Crippen LogP) is 3.11. The van der Waals surface area contributed by atoms with Crippen LogP contribution >= 0.6 is 23.1 Å². The second-order valence-corrected chi connectivity index (χ2v) is 5.19. The summed E-state index contributed by atoms with van der Waals surface area (Å²) >= 11 is 7.22. The van der Waals surface area contributed by atoms with Crippen LogP contribution in [0.15, 0.2) is 33.5 Å². The van der Waals surface area contributed by atoms with Crippen molar-refractivity contribution in [2.24, 2.45) is 0 Å². The third-order valence-electron chi connectivity index (χ3n) is 2.73. The van der Waals surface area contributed by atoms with E-state index in [1.54, 1.807) is 31.4 Å². The first-order valence-electron chi connectivity index (χ1n) is 5.74. The normalized spacial score (nSPS) is 11.1. The Hall–Kier alpha value is -1.76. The van der Waals surface area contributed by atoms with Crippen molar-refractivity contribution < 1.29 is 9.15 Å². The Morgan fingerprint density at radius 2 is 2.20 bits per heavy atom. The molecule has 0 bridgehead atoms. The lowest BCUT2D eigenvalue weighted by Crippen LogP contribution is -2.04. The maximum Gasteiger partial charge on any atom is 0.350 e. The van der Waals surface area contributed by atoms with Gasteiger partial charge in [-0.25, -0.2) is 4.79 Å². The number of halogens is 1. The molecule has 0 aliphatic heterocycles. The quantitative estimate of drug-likeness (QED) is 0.744. The van der Waals surface area contributed by atoms with Crippen molar-refractivity contribution in [2.75, 3.05) is 7.11 Å². The molecule has 2 heterocycles. The number of aromatic nitrogens is 2. The van der Waals surface area contributed by atoms with Crippen molar-refractivity contribution in [1.29, 1.82) is 0 Å². The molecule has 0 aliphatic carbocycles. The number of fused-ring (bicyclic) bond motifs is 1. The van der Waals surface area contributed by atoms with E-state index < -0.39 is 5.63 Å². The first-order chi connectivity index (χ1) is 9.70. The third-order valence-corrected chi connectivity index (χ3v) is 3.84. The minimum absolute atomic E-state index is 0.195. The van der Waals surface area contributed by atoms with E-state index >= 15 is 0 Å². The van der Waals surface area contributed by atoms with Gasteiger partial charge in [0.15, 0.2) is 4.83 Å². The smallest absolute Gasteiger partial charge is 0.350 e. The number of hydrogen-bond acceptors (Lipinski definition) is 6. The molecule has 0 saturated carbocycles. The zero-order valence-corrected chi connectivity index (χ0v) is 12.0. The van der Waals surface area contributed by atoms with E-state index in [9.17, 15) is 4.79 Å². The molecule has 0 radical (unpaired) electrons. The molecule has 0 spiro atoms. The van der Waals surface area contributed by atoms with Gasteiger partial charge in [0.25, 0.3) is 0 Å². The van der Waals surface area contributed by atoms with Crippen LogP contribution in [0.5, 0.6) is 0 Å². The SMILES string of the molecule is COCc1nsc2nc(-c3ccccc3Cl)oc(=O)c12. The lowest BCUT2D eigenvalue weighted by Gasteiger charge is -2.01. The number of rotatable bonds is 3. The van der Waals surface area contributed by atoms with Crippen LogP contribution in [-0.2, 0) is 11.3 Å². The van der Waals surface area contributed by atoms with Crippen molar-refractivity contribution in [3.8, 4) is 11.5 Å². The molecule has 0 saturated heterocycles. The maximum absolute atomic E-state index is 12.1. The second-order valence-electron chi connectivity index (χ2n) is 4.03. The largest absolute Gasteiger partial charge is 0.403 e. The molecule has 20 heavy (non-hydrogen) atoms. The van der Waals surface area contributed by atoms with Gasteiger partial charge in [0.05, 0.1) is 22.9 Å². The van der Waals surface area contributed by atoms with E-state index in [1.165, 1.54) is 0 Å². The number of ether oxygens (including phenoxy) is 1. The first-order valence-corrected chi connectivity index (χ1v) is 6.89. The highest BCUT2D eigenvalue weighted by atomic mass is 35.5. The summed E-state index contributed by atoms with van der Waals surface area (Å²) in [6.07, 6.45) is 0. The molecule has 0 atom stereocenters. The van der Waals surface area contributed by atoms with Crippen LogP contribution < -0.4 is 5.63 Å². The van der Waals surface area contributed by atoms with Crippen LogP contribution in [0.2, 0.25) is 5.02 Å². The highest BCUT2D eigenvalue weighted by molar-refractivity contribution is 7.12. The minimum Gasteiger partial charge on any atom is -0.403 e. The van der Waals surface area contributed by atoms with Crippen molar-refractivity contribution in [2.45, 2.75) is 6.61 Å². The lowest BCUT2D eigenvalue weighted by molar-refractivity contribution is 0.183. The summed E-state index contributed by atoms with van der Waals surface area (Å²) in [7, 11) is 1.54. The van der Waals surface area contributed by atoms with E-state index in [0.717, 1.165) is 11.5 Å². The predicted molar refractivity (Wildman–Crippen MR) is 77.1 cm³/mol. The average Bonchev–Trinajstić information content (AvgIpc) is 2.83. The number of methoxy groups -OCH3 is 1. The van der Waals surface area contributed by atoms with Gasteiger partial charge in [-0.05, 0) is 23.7 Å². The molecule has 102 valence electrons. The molecule has 7 heteroatoms. The molecule has 3 aromatic rings. The molecule has 0 amide bonds. The number of hydrogen-bond donors (Lipinski definition) is 0. The minimum atomic E-state index is -0.481. The molecular weight excluding hydrogens is 300 g/mol. The van der Waals surface area contributed by atoms with Crippen LogP contribution in [0.3, 0.4) is 0 Å². The zero-order chi connectivity index (χ0) is 14.1. The van der Waals surface area contributed by atoms with Crippen LogP contribution in [0.25, 0.3) is 21.7 Å². The van der Waals surface area contributed by atoms with Crippen molar-refractivity contribution in [3.05, 3.63) is 45.4 Å². The van der Waals surface area contributed by atoms with Gasteiger partial charge in [-0.3, -0.25) is 0 Å². The van der Waals surface area contributed by atoms with Gasteiger partial charge in [-0.15, -0.1) is 0 Å². The molecule has 0 N–H and O–H groups in total. The van der Waals surface area contributed by atoms with Gasteiger partial charge >= 0.3 is 5.63 Å². The molecule has 0 unspecified atom stereocenters. The van der Waals surface area contributed by atoms with Crippen molar-refractivity contribution >= 4 is 33.4 Å². The topological polar surface area (TPSA) is 65.2 Å². The third kappa shape index (κ3) is 2.22. The van der Waals surface area contributed by atoms with Crippen LogP contribution in [0.4, 0.5) is 0 Å². The Labute approximate surface area is 123 Å². The number of benzene rings is 1. The first kappa shape index (κ1) is 13.2. The molecule has 3 rings (SSSR count). The molecule has 5 nitrogen and oxygen atoms in total. The van der Waals surface area contributed by atoms with Gasteiger partial charge in [0.2, 0.25) is 5.89 Å². The molecule has 1 aromatic carbocycles. The Kier molecular flexibility index (Phi) is 3.52. The van der Waals surface area contributed by atoms with Crippen molar-refractivity contribution in [3.63, 3.8) is 0 Å². The van der Waals surface area contributed by atoms with E-state index in [1.807, 2.05) is 0 Å². The highest BCUT2D eigenvalue weighted by Gasteiger charge is 2.16. The van der Waals surface area contributed by atoms with E-state index in [4.69, 9.17) is 20.8 Å². The standard InChI is InChI=1S/C13H9ClN2O3S/c1-18-6-9-10-12(20-16-9)15-11(19-13(10)17)7-4-2-3-5-8(7)14/h2-5H,6H2,1H3. The lowest BCUT2D eigenvalue weighted by atomic mass is 10.2. The highest BCUT2D eigenvalue weighted by Crippen LogP contribution is 2.27. The summed E-state index contributed by atoms with van der Waals surface area (Å²) in [5.74, 6) is 0.195. The molecule has 0 fully saturated rings. The van der Waals surface area contributed by atoms with E-state index in [2.05, 4.69) is 9.36 Å². The summed E-state index contributed by atoms with van der Waals surface area (Å²) in [6, 6.07) is 7.06. The summed E-state index contributed by atoms with van der Waals surface area (Å²) in [5, 5.41) is 0.844. The summed E-state index contributed by atoms with van der Waals surface area (Å²) in [4.78, 5) is 16.9. The zero-order valence-electron chi connectivity index (χ0n) is 10.4. The fourth-order valence-corrected chi connectivity index (χ4v) is 2.81. The summed E-state index contributed by atoms with van der Waals surface area (Å²) < 4.78 is 14.4. The van der Waals surface area contributed by atoms with E-state index in [0.29, 0.717) is 26.5 Å². The summed E-state index contributed by atoms with van der Waals surface area (Å²) in [6.45, 7) is 0.248. The van der Waals surface area contributed by atoms with Crippen LogP contribution in [-0.4, -0.2) is 16.5 Å². The van der Waals surface area contributed by atoms with Gasteiger partial charge in [0.1, 0.15) is 5.39 Å². The fraction of sp³-hybridized carbons (Fsp3) is 0.154. The van der Waals surface area contributed by atoms with Gasteiger partial charge in [0, 0.05) is 7.11 Å². The molecular formula is C13H9ClN2O3S. The monoisotopic (exact) mass is 308 g/mol. The Morgan fingerprint density at radius 3 is 2.95 bits per heavy atom. The summed E-state index contributed by atoms with van der Waals surface area (Å²) in [5.41, 5.74) is 0.639. The van der Waals surface area contributed by atoms with Gasteiger partial charge in [-0.2, -0.15) is 9.36 Å². The van der Waals surface area contributed by atoms with Crippen molar-refractivity contribution in [1.82, 2.24) is 9.36 Å². The number of nitrogens with zero attached hydrogens (tertiary/aromatic N) is 2. The molecule has 2 aromatic heterocycles. The van der Waals surface area contributed by atoms with Crippen LogP contribution in [0.1, 0.15) is 5.69 Å². The van der Waals surface area contributed by atoms with Crippen LogP contribution in [0, 0.1) is 0 Å². The van der Waals surface area contributed by atoms with E-state index in [-0.39, 0.29) is 12.5 Å². The fourth-order valence-electron chi connectivity index (χ4n) is 1.83. The Morgan fingerprint density at radius 1 is 1.40 bits per heavy atom. The second kappa shape index (κ2) is 5.32. The maximum atomic E-state index is 12.1. The van der Waals surface area contributed by atoms with Gasteiger partial charge < -0.3 is 9.15 Å². The molecule has 0 aliphatic rings.